The smallest absolute Gasteiger partial charge is 0.224 e. The van der Waals surface area contributed by atoms with Gasteiger partial charge in [0.25, 0.3) is 0 Å². The first-order valence-electron chi connectivity index (χ1n) is 6.72. The lowest BCUT2D eigenvalue weighted by molar-refractivity contribution is -0.116. The average Bonchev–Trinajstić information content (AvgIpc) is 2.44. The summed E-state index contributed by atoms with van der Waals surface area (Å²) in [5, 5.41) is 12.2. The van der Waals surface area contributed by atoms with E-state index < -0.39 is 0 Å². The van der Waals surface area contributed by atoms with Crippen LogP contribution >= 0.6 is 15.9 Å². The molecule has 1 aromatic rings. The van der Waals surface area contributed by atoms with Crippen molar-refractivity contribution < 1.29 is 9.53 Å². The zero-order valence-corrected chi connectivity index (χ0v) is 13.0. The second-order valence-electron chi connectivity index (χ2n) is 4.33. The van der Waals surface area contributed by atoms with E-state index in [2.05, 4.69) is 27.3 Å². The number of carbonyl (C=O) groups is 1. The predicted molar refractivity (Wildman–Crippen MR) is 83.1 cm³/mol. The Bertz CT molecular complexity index is 457. The Balaban J connectivity index is 2.39. The van der Waals surface area contributed by atoms with E-state index >= 15 is 0 Å². The van der Waals surface area contributed by atoms with Gasteiger partial charge >= 0.3 is 0 Å². The molecule has 0 spiro atoms. The predicted octanol–water partition coefficient (Wildman–Crippen LogP) is 3.87. The number of ether oxygens (including phenoxy) is 1. The Kier molecular flexibility index (Phi) is 8.48. The fourth-order valence-corrected chi connectivity index (χ4v) is 2.00. The standard InChI is InChI=1S/C15H19BrN2O2/c16-9-2-1-8-15(19)18-13-6-5-7-14(12-13)20-11-4-3-10-17/h5-7,12H,1-4,8-9,11H2,(H,18,19). The number of nitriles is 1. The second-order valence-corrected chi connectivity index (χ2v) is 5.13. The van der Waals surface area contributed by atoms with Gasteiger partial charge in [-0.1, -0.05) is 22.0 Å². The van der Waals surface area contributed by atoms with E-state index in [1.54, 1.807) is 6.07 Å². The van der Waals surface area contributed by atoms with E-state index in [1.807, 2.05) is 18.2 Å². The number of hydrogen-bond acceptors (Lipinski definition) is 3. The molecule has 108 valence electrons. The summed E-state index contributed by atoms with van der Waals surface area (Å²) in [6, 6.07) is 9.39. The van der Waals surface area contributed by atoms with Crippen molar-refractivity contribution in [1.29, 1.82) is 5.26 Å². The summed E-state index contributed by atoms with van der Waals surface area (Å²) in [6.45, 7) is 0.510. The van der Waals surface area contributed by atoms with Crippen LogP contribution in [0.25, 0.3) is 0 Å². The van der Waals surface area contributed by atoms with Crippen molar-refractivity contribution in [3.05, 3.63) is 24.3 Å². The first kappa shape index (κ1) is 16.5. The minimum absolute atomic E-state index is 0.0209. The Morgan fingerprint density at radius 1 is 1.35 bits per heavy atom. The fraction of sp³-hybridized carbons (Fsp3) is 0.467. The number of alkyl halides is 1. The molecule has 0 aliphatic carbocycles. The van der Waals surface area contributed by atoms with Gasteiger partial charge < -0.3 is 10.1 Å². The van der Waals surface area contributed by atoms with Crippen molar-refractivity contribution in [2.75, 3.05) is 17.3 Å². The van der Waals surface area contributed by atoms with Gasteiger partial charge in [0.2, 0.25) is 5.91 Å². The molecule has 1 rings (SSSR count). The molecule has 0 aliphatic heterocycles. The van der Waals surface area contributed by atoms with Gasteiger partial charge in [0.1, 0.15) is 5.75 Å². The Hall–Kier alpha value is -1.54. The molecule has 0 atom stereocenters. The number of hydrogen-bond donors (Lipinski definition) is 1. The van der Waals surface area contributed by atoms with E-state index in [4.69, 9.17) is 10.00 Å². The lowest BCUT2D eigenvalue weighted by Crippen LogP contribution is -2.11. The van der Waals surface area contributed by atoms with Crippen molar-refractivity contribution >= 4 is 27.5 Å². The molecule has 0 aliphatic rings. The number of rotatable bonds is 9. The molecule has 1 amide bonds. The zero-order chi connectivity index (χ0) is 14.6. The highest BCUT2D eigenvalue weighted by Crippen LogP contribution is 2.18. The molecule has 0 aromatic heterocycles. The van der Waals surface area contributed by atoms with Crippen LogP contribution in [0.15, 0.2) is 24.3 Å². The third-order valence-corrected chi connectivity index (χ3v) is 3.17. The number of nitrogens with one attached hydrogen (secondary N) is 1. The maximum absolute atomic E-state index is 11.7. The highest BCUT2D eigenvalue weighted by atomic mass is 79.9. The Morgan fingerprint density at radius 3 is 2.95 bits per heavy atom. The summed E-state index contributed by atoms with van der Waals surface area (Å²) in [5.41, 5.74) is 0.742. The summed E-state index contributed by atoms with van der Waals surface area (Å²) in [4.78, 5) is 11.7. The normalized spacial score (nSPS) is 9.80. The van der Waals surface area contributed by atoms with Crippen LogP contribution in [0.4, 0.5) is 5.69 Å². The molecule has 0 fully saturated rings. The number of unbranched alkanes of at least 4 members (excludes halogenated alkanes) is 2. The van der Waals surface area contributed by atoms with E-state index in [-0.39, 0.29) is 5.91 Å². The van der Waals surface area contributed by atoms with Crippen LogP contribution in [-0.4, -0.2) is 17.8 Å². The minimum atomic E-state index is 0.0209. The van der Waals surface area contributed by atoms with Gasteiger partial charge in [-0.2, -0.15) is 5.26 Å². The molecule has 0 bridgehead atoms. The summed E-state index contributed by atoms with van der Waals surface area (Å²) in [6.07, 6.45) is 3.60. The molecular weight excluding hydrogens is 320 g/mol. The van der Waals surface area contributed by atoms with Crippen LogP contribution in [0.5, 0.6) is 5.75 Å². The van der Waals surface area contributed by atoms with E-state index in [9.17, 15) is 4.79 Å². The molecule has 0 unspecified atom stereocenters. The number of amides is 1. The molecule has 20 heavy (non-hydrogen) atoms. The molecule has 1 aromatic carbocycles. The quantitative estimate of drug-likeness (QED) is 0.549. The third-order valence-electron chi connectivity index (χ3n) is 2.61. The highest BCUT2D eigenvalue weighted by Gasteiger charge is 2.03. The number of halogens is 1. The third kappa shape index (κ3) is 7.15. The van der Waals surface area contributed by atoms with Crippen LogP contribution in [0.2, 0.25) is 0 Å². The van der Waals surface area contributed by atoms with Crippen LogP contribution in [0, 0.1) is 11.3 Å². The molecule has 5 heteroatoms. The molecule has 0 radical (unpaired) electrons. The highest BCUT2D eigenvalue weighted by molar-refractivity contribution is 9.09. The van der Waals surface area contributed by atoms with Gasteiger partial charge in [-0.25, -0.2) is 0 Å². The molecule has 0 saturated carbocycles. The first-order valence-corrected chi connectivity index (χ1v) is 7.84. The number of benzene rings is 1. The first-order chi connectivity index (χ1) is 9.76. The number of carbonyl (C=O) groups excluding carboxylic acids is 1. The van der Waals surface area contributed by atoms with Crippen molar-refractivity contribution in [2.45, 2.75) is 32.1 Å². The Labute approximate surface area is 128 Å². The topological polar surface area (TPSA) is 62.1 Å². The molecule has 0 saturated heterocycles. The van der Waals surface area contributed by atoms with Gasteiger partial charge in [-0.15, -0.1) is 0 Å². The van der Waals surface area contributed by atoms with Crippen molar-refractivity contribution in [3.63, 3.8) is 0 Å². The SMILES string of the molecule is N#CCCCOc1cccc(NC(=O)CCCCBr)c1. The van der Waals surface area contributed by atoms with Crippen LogP contribution < -0.4 is 10.1 Å². The monoisotopic (exact) mass is 338 g/mol. The van der Waals surface area contributed by atoms with Gasteiger partial charge in [0.05, 0.1) is 12.7 Å². The maximum Gasteiger partial charge on any atom is 0.224 e. The lowest BCUT2D eigenvalue weighted by atomic mass is 10.2. The minimum Gasteiger partial charge on any atom is -0.493 e. The van der Waals surface area contributed by atoms with Gasteiger partial charge in [-0.05, 0) is 31.4 Å². The van der Waals surface area contributed by atoms with Crippen molar-refractivity contribution in [1.82, 2.24) is 0 Å². The molecule has 4 nitrogen and oxygen atoms in total. The van der Waals surface area contributed by atoms with Gasteiger partial charge in [0, 0.05) is 29.9 Å². The van der Waals surface area contributed by atoms with E-state index in [0.717, 1.165) is 23.9 Å². The van der Waals surface area contributed by atoms with Crippen molar-refractivity contribution in [3.8, 4) is 11.8 Å². The summed E-state index contributed by atoms with van der Waals surface area (Å²) >= 11 is 3.34. The van der Waals surface area contributed by atoms with E-state index in [1.165, 1.54) is 0 Å². The van der Waals surface area contributed by atoms with Crippen LogP contribution in [-0.2, 0) is 4.79 Å². The lowest BCUT2D eigenvalue weighted by Gasteiger charge is -2.08. The van der Waals surface area contributed by atoms with Crippen LogP contribution in [0.1, 0.15) is 32.1 Å². The number of nitrogens with zero attached hydrogens (tertiary/aromatic N) is 1. The molecule has 1 N–H and O–H groups in total. The van der Waals surface area contributed by atoms with Crippen molar-refractivity contribution in [2.24, 2.45) is 0 Å². The maximum atomic E-state index is 11.7. The summed E-state index contributed by atoms with van der Waals surface area (Å²) in [5.74, 6) is 0.730. The average molecular weight is 339 g/mol. The van der Waals surface area contributed by atoms with E-state index in [0.29, 0.717) is 31.6 Å². The number of anilines is 1. The van der Waals surface area contributed by atoms with Gasteiger partial charge in [0.15, 0.2) is 0 Å². The Morgan fingerprint density at radius 2 is 2.20 bits per heavy atom. The molecule has 0 heterocycles. The largest absolute Gasteiger partial charge is 0.493 e. The van der Waals surface area contributed by atoms with Gasteiger partial charge in [-0.3, -0.25) is 4.79 Å². The zero-order valence-electron chi connectivity index (χ0n) is 11.4. The fourth-order valence-electron chi connectivity index (χ4n) is 1.61. The van der Waals surface area contributed by atoms with Crippen LogP contribution in [0.3, 0.4) is 0 Å². The summed E-state index contributed by atoms with van der Waals surface area (Å²) in [7, 11) is 0. The summed E-state index contributed by atoms with van der Waals surface area (Å²) < 4.78 is 5.52. The molecular formula is C15H19BrN2O2. The second kappa shape index (κ2) is 10.3.